The third-order valence-corrected chi connectivity index (χ3v) is 3.11. The van der Waals surface area contributed by atoms with Gasteiger partial charge in [-0.15, -0.1) is 0 Å². The Balaban J connectivity index is 3.00. The van der Waals surface area contributed by atoms with Gasteiger partial charge in [-0.2, -0.15) is 0 Å². The molecule has 0 bridgehead atoms. The van der Waals surface area contributed by atoms with E-state index in [2.05, 4.69) is 0 Å². The van der Waals surface area contributed by atoms with Crippen molar-refractivity contribution in [1.82, 2.24) is 0 Å². The van der Waals surface area contributed by atoms with Crippen LogP contribution >= 0.6 is 11.6 Å². The second-order valence-corrected chi connectivity index (χ2v) is 4.73. The van der Waals surface area contributed by atoms with Gasteiger partial charge in [0, 0.05) is 13.8 Å². The van der Waals surface area contributed by atoms with Crippen LogP contribution in [0.2, 0.25) is 0 Å². The molecule has 1 heterocycles. The summed E-state index contributed by atoms with van der Waals surface area (Å²) in [5.41, 5.74) is -1.19. The van der Waals surface area contributed by atoms with Crippen LogP contribution in [-0.2, 0) is 42.9 Å². The zero-order chi connectivity index (χ0) is 16.7. The summed E-state index contributed by atoms with van der Waals surface area (Å²) in [4.78, 5) is 43.3. The standard InChI is InChI=1S/C12H15ClO9/c1-6(16)18-3-8-9(19-4-14)10(21-7(2)17)11(20-5-15)12(13)22-8/h4-5,8-12H,3H2,1-2H3. The molecule has 10 heteroatoms. The van der Waals surface area contributed by atoms with Gasteiger partial charge in [0.1, 0.15) is 12.7 Å². The average Bonchev–Trinajstić information content (AvgIpc) is 2.43. The minimum Gasteiger partial charge on any atom is -0.463 e. The van der Waals surface area contributed by atoms with Crippen molar-refractivity contribution in [2.75, 3.05) is 6.61 Å². The first-order valence-corrected chi connectivity index (χ1v) is 6.62. The lowest BCUT2D eigenvalue weighted by atomic mass is 9.99. The molecule has 9 nitrogen and oxygen atoms in total. The number of hydrogen-bond donors (Lipinski definition) is 0. The molecule has 1 aliphatic rings. The predicted molar refractivity (Wildman–Crippen MR) is 68.6 cm³/mol. The van der Waals surface area contributed by atoms with Gasteiger partial charge in [0.05, 0.1) is 0 Å². The molecule has 1 saturated heterocycles. The van der Waals surface area contributed by atoms with Crippen molar-refractivity contribution >= 4 is 36.5 Å². The normalized spacial score (nSPS) is 30.8. The summed E-state index contributed by atoms with van der Waals surface area (Å²) in [6, 6.07) is 0. The maximum atomic E-state index is 11.2. The van der Waals surface area contributed by atoms with Crippen LogP contribution in [0, 0.1) is 0 Å². The summed E-state index contributed by atoms with van der Waals surface area (Å²) in [6.45, 7) is 2.22. The van der Waals surface area contributed by atoms with Gasteiger partial charge in [0.2, 0.25) is 0 Å². The number of carbonyl (C=O) groups is 4. The number of rotatable bonds is 7. The molecule has 22 heavy (non-hydrogen) atoms. The van der Waals surface area contributed by atoms with Crippen LogP contribution in [0.1, 0.15) is 13.8 Å². The molecule has 1 aliphatic heterocycles. The van der Waals surface area contributed by atoms with Crippen molar-refractivity contribution in [3.63, 3.8) is 0 Å². The third-order valence-electron chi connectivity index (χ3n) is 2.76. The molecule has 0 aliphatic carbocycles. The van der Waals surface area contributed by atoms with E-state index in [1.54, 1.807) is 0 Å². The zero-order valence-corrected chi connectivity index (χ0v) is 12.6. The fourth-order valence-corrected chi connectivity index (χ4v) is 2.30. The summed E-state index contributed by atoms with van der Waals surface area (Å²) < 4.78 is 24.7. The summed E-state index contributed by atoms with van der Waals surface area (Å²) >= 11 is 5.93. The van der Waals surface area contributed by atoms with E-state index in [0.717, 1.165) is 6.92 Å². The van der Waals surface area contributed by atoms with Gasteiger partial charge in [0.25, 0.3) is 12.9 Å². The Morgan fingerprint density at radius 2 is 1.64 bits per heavy atom. The monoisotopic (exact) mass is 338 g/mol. The van der Waals surface area contributed by atoms with Gasteiger partial charge in [-0.1, -0.05) is 11.6 Å². The van der Waals surface area contributed by atoms with E-state index in [1.165, 1.54) is 6.92 Å². The Kier molecular flexibility index (Phi) is 7.06. The number of esters is 2. The van der Waals surface area contributed by atoms with E-state index < -0.39 is 41.9 Å². The Morgan fingerprint density at radius 3 is 2.14 bits per heavy atom. The maximum Gasteiger partial charge on any atom is 0.303 e. The molecule has 0 aromatic carbocycles. The first-order valence-electron chi connectivity index (χ1n) is 6.19. The van der Waals surface area contributed by atoms with Crippen LogP contribution in [0.25, 0.3) is 0 Å². The summed E-state index contributed by atoms with van der Waals surface area (Å²) in [5, 5.41) is 0. The SMILES string of the molecule is CC(=O)OCC1OC(Cl)C(OC=O)C(OC(C)=O)C1OC=O. The molecule has 0 aromatic heterocycles. The molecular formula is C12H15ClO9. The van der Waals surface area contributed by atoms with Crippen LogP contribution in [0.3, 0.4) is 0 Å². The fraction of sp³-hybridized carbons (Fsp3) is 0.667. The summed E-state index contributed by atoms with van der Waals surface area (Å²) in [5.74, 6) is -1.30. The quantitative estimate of drug-likeness (QED) is 0.263. The second-order valence-electron chi connectivity index (χ2n) is 4.30. The lowest BCUT2D eigenvalue weighted by Crippen LogP contribution is -2.60. The van der Waals surface area contributed by atoms with Crippen LogP contribution in [-0.4, -0.2) is 61.5 Å². The highest BCUT2D eigenvalue weighted by Crippen LogP contribution is 2.29. The van der Waals surface area contributed by atoms with E-state index in [-0.39, 0.29) is 19.6 Å². The number of carbonyl (C=O) groups excluding carboxylic acids is 4. The Bertz CT molecular complexity index is 427. The number of hydrogen-bond acceptors (Lipinski definition) is 9. The zero-order valence-electron chi connectivity index (χ0n) is 11.8. The minimum absolute atomic E-state index is 0.101. The highest BCUT2D eigenvalue weighted by molar-refractivity contribution is 6.20. The lowest BCUT2D eigenvalue weighted by Gasteiger charge is -2.41. The Labute approximate surface area is 130 Å². The lowest BCUT2D eigenvalue weighted by molar-refractivity contribution is -0.233. The molecule has 0 amide bonds. The average molecular weight is 339 g/mol. The molecule has 0 N–H and O–H groups in total. The van der Waals surface area contributed by atoms with Gasteiger partial charge < -0.3 is 23.7 Å². The fourth-order valence-electron chi connectivity index (χ4n) is 1.96. The molecule has 0 spiro atoms. The molecule has 1 rings (SSSR count). The van der Waals surface area contributed by atoms with Gasteiger partial charge in [-0.3, -0.25) is 19.2 Å². The molecule has 0 radical (unpaired) electrons. The van der Waals surface area contributed by atoms with Crippen molar-refractivity contribution in [1.29, 1.82) is 0 Å². The molecule has 0 aromatic rings. The van der Waals surface area contributed by atoms with Gasteiger partial charge >= 0.3 is 11.9 Å². The van der Waals surface area contributed by atoms with Crippen molar-refractivity contribution in [3.8, 4) is 0 Å². The molecule has 1 fully saturated rings. The smallest absolute Gasteiger partial charge is 0.303 e. The molecule has 5 atom stereocenters. The van der Waals surface area contributed by atoms with E-state index in [9.17, 15) is 19.2 Å². The van der Waals surface area contributed by atoms with E-state index in [0.29, 0.717) is 0 Å². The Hall–Kier alpha value is -1.87. The number of halogens is 1. The first-order chi connectivity index (χ1) is 10.4. The highest BCUT2D eigenvalue weighted by atomic mass is 35.5. The number of alkyl halides is 1. The topological polar surface area (TPSA) is 114 Å². The Morgan fingerprint density at radius 1 is 1.05 bits per heavy atom. The van der Waals surface area contributed by atoms with E-state index in [4.69, 9.17) is 35.3 Å². The van der Waals surface area contributed by atoms with Gasteiger partial charge in [-0.05, 0) is 0 Å². The first kappa shape index (κ1) is 18.2. The summed E-state index contributed by atoms with van der Waals surface area (Å²) in [6.07, 6.45) is -4.56. The van der Waals surface area contributed by atoms with Gasteiger partial charge in [-0.25, -0.2) is 0 Å². The molecule has 0 saturated carbocycles. The van der Waals surface area contributed by atoms with Gasteiger partial charge in [0.15, 0.2) is 23.9 Å². The van der Waals surface area contributed by atoms with Crippen molar-refractivity contribution in [2.45, 2.75) is 43.8 Å². The molecular weight excluding hydrogens is 324 g/mol. The van der Waals surface area contributed by atoms with E-state index in [1.807, 2.05) is 0 Å². The third kappa shape index (κ3) is 4.85. The predicted octanol–water partition coefficient (Wildman–Crippen LogP) is -0.472. The van der Waals surface area contributed by atoms with Crippen molar-refractivity contribution < 1.29 is 42.9 Å². The largest absolute Gasteiger partial charge is 0.463 e. The second kappa shape index (κ2) is 8.54. The van der Waals surface area contributed by atoms with Crippen molar-refractivity contribution in [3.05, 3.63) is 0 Å². The van der Waals surface area contributed by atoms with E-state index >= 15 is 0 Å². The minimum atomic E-state index is -1.20. The highest BCUT2D eigenvalue weighted by Gasteiger charge is 2.50. The van der Waals surface area contributed by atoms with Crippen LogP contribution in [0.15, 0.2) is 0 Å². The summed E-state index contributed by atoms with van der Waals surface area (Å²) in [7, 11) is 0. The number of ether oxygens (including phenoxy) is 5. The van der Waals surface area contributed by atoms with Crippen LogP contribution in [0.4, 0.5) is 0 Å². The van der Waals surface area contributed by atoms with Crippen LogP contribution in [0.5, 0.6) is 0 Å². The molecule has 5 unspecified atom stereocenters. The van der Waals surface area contributed by atoms with Crippen molar-refractivity contribution in [2.24, 2.45) is 0 Å². The molecule has 124 valence electrons. The van der Waals surface area contributed by atoms with Crippen LogP contribution < -0.4 is 0 Å². The maximum absolute atomic E-state index is 11.2.